The molecule has 0 radical (unpaired) electrons. The summed E-state index contributed by atoms with van der Waals surface area (Å²) < 4.78 is 11.2. The zero-order chi connectivity index (χ0) is 18.1. The molecular weight excluding hydrogens is 334 g/mol. The molecule has 4 rings (SSSR count). The quantitative estimate of drug-likeness (QED) is 0.734. The molecule has 7 nitrogen and oxygen atoms in total. The standard InChI is InChI=1S/C19H27N3O4/c1-22(11-15-13-4-2-3-5-14(13)20-21-15)18(19(23)24)12-6-7-16-17(10-12)26-9-8-25-16/h6-7,10,13-15,18,20-21H,2-5,8-9,11H2,1H3,(H,23,24). The van der Waals surface area contributed by atoms with Gasteiger partial charge in [0, 0.05) is 18.6 Å². The molecule has 1 saturated carbocycles. The van der Waals surface area contributed by atoms with Crippen molar-refractivity contribution in [2.24, 2.45) is 5.92 Å². The number of nitrogens with zero attached hydrogens (tertiary/aromatic N) is 1. The average Bonchev–Trinajstić information content (AvgIpc) is 3.04. The molecule has 0 bridgehead atoms. The number of fused-ring (bicyclic) bond motifs is 2. The van der Waals surface area contributed by atoms with Crippen LogP contribution >= 0.6 is 0 Å². The molecule has 2 heterocycles. The van der Waals surface area contributed by atoms with Crippen LogP contribution in [0, 0.1) is 5.92 Å². The molecule has 3 aliphatic rings. The van der Waals surface area contributed by atoms with Crippen LogP contribution in [0.5, 0.6) is 11.5 Å². The zero-order valence-corrected chi connectivity index (χ0v) is 15.1. The predicted octanol–water partition coefficient (Wildman–Crippen LogP) is 1.55. The van der Waals surface area contributed by atoms with Crippen molar-refractivity contribution in [3.8, 4) is 11.5 Å². The van der Waals surface area contributed by atoms with E-state index in [0.29, 0.717) is 43.2 Å². The van der Waals surface area contributed by atoms with Crippen molar-refractivity contribution in [3.05, 3.63) is 23.8 Å². The smallest absolute Gasteiger partial charge is 0.325 e. The van der Waals surface area contributed by atoms with Crippen LogP contribution in [0.15, 0.2) is 18.2 Å². The van der Waals surface area contributed by atoms with Gasteiger partial charge >= 0.3 is 5.97 Å². The SMILES string of the molecule is CN(CC1NNC2CCCCC21)C(C(=O)O)c1ccc2c(c1)OCCO2. The van der Waals surface area contributed by atoms with E-state index in [2.05, 4.69) is 10.9 Å². The van der Waals surface area contributed by atoms with Gasteiger partial charge in [0.15, 0.2) is 11.5 Å². The topological polar surface area (TPSA) is 83.1 Å². The molecule has 4 unspecified atom stereocenters. The molecule has 26 heavy (non-hydrogen) atoms. The largest absolute Gasteiger partial charge is 0.486 e. The van der Waals surface area contributed by atoms with Gasteiger partial charge in [0.25, 0.3) is 0 Å². The molecule has 7 heteroatoms. The Morgan fingerprint density at radius 3 is 2.81 bits per heavy atom. The van der Waals surface area contributed by atoms with E-state index in [4.69, 9.17) is 9.47 Å². The van der Waals surface area contributed by atoms with Gasteiger partial charge in [0.2, 0.25) is 0 Å². The highest BCUT2D eigenvalue weighted by Crippen LogP contribution is 2.35. The second-order valence-electron chi connectivity index (χ2n) is 7.53. The van der Waals surface area contributed by atoms with E-state index in [0.717, 1.165) is 5.56 Å². The molecule has 3 N–H and O–H groups in total. The lowest BCUT2D eigenvalue weighted by Gasteiger charge is -2.32. The molecule has 0 aromatic heterocycles. The molecule has 2 aliphatic heterocycles. The van der Waals surface area contributed by atoms with Crippen LogP contribution in [-0.4, -0.2) is 54.9 Å². The van der Waals surface area contributed by atoms with Crippen LogP contribution in [0.25, 0.3) is 0 Å². The molecule has 0 spiro atoms. The Kier molecular flexibility index (Phi) is 5.02. The highest BCUT2D eigenvalue weighted by Gasteiger charge is 2.39. The summed E-state index contributed by atoms with van der Waals surface area (Å²) in [6, 6.07) is 5.50. The Labute approximate surface area is 153 Å². The predicted molar refractivity (Wildman–Crippen MR) is 96.2 cm³/mol. The number of rotatable bonds is 5. The van der Waals surface area contributed by atoms with E-state index < -0.39 is 12.0 Å². The highest BCUT2D eigenvalue weighted by atomic mass is 16.6. The van der Waals surface area contributed by atoms with Crippen molar-refractivity contribution in [2.75, 3.05) is 26.8 Å². The van der Waals surface area contributed by atoms with Gasteiger partial charge < -0.3 is 14.6 Å². The van der Waals surface area contributed by atoms with Crippen LogP contribution in [0.2, 0.25) is 0 Å². The number of benzene rings is 1. The molecule has 2 fully saturated rings. The van der Waals surface area contributed by atoms with Crippen molar-refractivity contribution in [1.82, 2.24) is 15.8 Å². The van der Waals surface area contributed by atoms with Gasteiger partial charge in [-0.05, 0) is 43.5 Å². The molecule has 1 aliphatic carbocycles. The maximum absolute atomic E-state index is 12.0. The van der Waals surface area contributed by atoms with Crippen molar-refractivity contribution in [1.29, 1.82) is 0 Å². The van der Waals surface area contributed by atoms with E-state index in [-0.39, 0.29) is 6.04 Å². The van der Waals surface area contributed by atoms with Crippen LogP contribution in [-0.2, 0) is 4.79 Å². The first kappa shape index (κ1) is 17.6. The van der Waals surface area contributed by atoms with Crippen molar-refractivity contribution < 1.29 is 19.4 Å². The fraction of sp³-hybridized carbons (Fsp3) is 0.632. The third-order valence-electron chi connectivity index (χ3n) is 5.83. The molecule has 142 valence electrons. The number of hydrogen-bond donors (Lipinski definition) is 3. The first-order valence-electron chi connectivity index (χ1n) is 9.47. The Morgan fingerprint density at radius 2 is 2.00 bits per heavy atom. The van der Waals surface area contributed by atoms with Gasteiger partial charge in [0.05, 0.1) is 0 Å². The Morgan fingerprint density at radius 1 is 1.23 bits per heavy atom. The summed E-state index contributed by atoms with van der Waals surface area (Å²) in [5.41, 5.74) is 7.52. The van der Waals surface area contributed by atoms with E-state index in [9.17, 15) is 9.90 Å². The second-order valence-corrected chi connectivity index (χ2v) is 7.53. The van der Waals surface area contributed by atoms with Gasteiger partial charge in [-0.3, -0.25) is 20.5 Å². The summed E-state index contributed by atoms with van der Waals surface area (Å²) in [7, 11) is 1.88. The van der Waals surface area contributed by atoms with Crippen molar-refractivity contribution in [3.63, 3.8) is 0 Å². The maximum Gasteiger partial charge on any atom is 0.325 e. The number of likely N-dealkylation sites (N-methyl/N-ethyl adjacent to an activating group) is 1. The fourth-order valence-electron chi connectivity index (χ4n) is 4.55. The summed E-state index contributed by atoms with van der Waals surface area (Å²) in [4.78, 5) is 13.9. The lowest BCUT2D eigenvalue weighted by Crippen LogP contribution is -2.44. The first-order valence-corrected chi connectivity index (χ1v) is 9.47. The lowest BCUT2D eigenvalue weighted by atomic mass is 9.81. The average molecular weight is 361 g/mol. The number of hydrazine groups is 1. The number of hydrogen-bond acceptors (Lipinski definition) is 6. The van der Waals surface area contributed by atoms with E-state index >= 15 is 0 Å². The van der Waals surface area contributed by atoms with Gasteiger partial charge in [-0.25, -0.2) is 0 Å². The maximum atomic E-state index is 12.0. The Balaban J connectivity index is 1.50. The third kappa shape index (κ3) is 3.39. The van der Waals surface area contributed by atoms with E-state index in [1.165, 1.54) is 25.7 Å². The third-order valence-corrected chi connectivity index (χ3v) is 5.83. The number of nitrogens with one attached hydrogen (secondary N) is 2. The normalized spacial score (nSPS) is 28.6. The zero-order valence-electron chi connectivity index (χ0n) is 15.1. The lowest BCUT2D eigenvalue weighted by molar-refractivity contribution is -0.143. The monoisotopic (exact) mass is 361 g/mol. The second kappa shape index (κ2) is 7.42. The van der Waals surface area contributed by atoms with Crippen LogP contribution < -0.4 is 20.3 Å². The molecule has 1 aromatic rings. The summed E-state index contributed by atoms with van der Waals surface area (Å²) in [5, 5.41) is 9.86. The number of carboxylic acids is 1. The van der Waals surface area contributed by atoms with Crippen LogP contribution in [0.3, 0.4) is 0 Å². The number of carboxylic acid groups (broad SMARTS) is 1. The molecule has 4 atom stereocenters. The minimum Gasteiger partial charge on any atom is -0.486 e. The summed E-state index contributed by atoms with van der Waals surface area (Å²) in [6.45, 7) is 1.70. The van der Waals surface area contributed by atoms with Crippen molar-refractivity contribution >= 4 is 5.97 Å². The molecule has 1 aromatic carbocycles. The van der Waals surface area contributed by atoms with Gasteiger partial charge in [-0.1, -0.05) is 18.9 Å². The first-order chi connectivity index (χ1) is 12.6. The summed E-state index contributed by atoms with van der Waals surface area (Å²) in [6.07, 6.45) is 4.93. The van der Waals surface area contributed by atoms with Crippen molar-refractivity contribution in [2.45, 2.75) is 43.8 Å². The fourth-order valence-corrected chi connectivity index (χ4v) is 4.55. The number of aliphatic carboxylic acids is 1. The minimum absolute atomic E-state index is 0.268. The summed E-state index contributed by atoms with van der Waals surface area (Å²) >= 11 is 0. The summed E-state index contributed by atoms with van der Waals surface area (Å²) in [5.74, 6) is 1.02. The molecule has 0 amide bonds. The van der Waals surface area contributed by atoms with E-state index in [1.54, 1.807) is 12.1 Å². The molecular formula is C19H27N3O4. The number of ether oxygens (including phenoxy) is 2. The minimum atomic E-state index is -0.852. The van der Waals surface area contributed by atoms with Crippen LogP contribution in [0.4, 0.5) is 0 Å². The molecule has 1 saturated heterocycles. The van der Waals surface area contributed by atoms with Gasteiger partial charge in [-0.2, -0.15) is 0 Å². The number of carbonyl (C=O) groups is 1. The Bertz CT molecular complexity index is 668. The van der Waals surface area contributed by atoms with Gasteiger partial charge in [0.1, 0.15) is 19.3 Å². The highest BCUT2D eigenvalue weighted by molar-refractivity contribution is 5.76. The van der Waals surface area contributed by atoms with Gasteiger partial charge in [-0.15, -0.1) is 0 Å². The van der Waals surface area contributed by atoms with E-state index in [1.807, 2.05) is 18.0 Å². The Hall–Kier alpha value is -1.83. The van der Waals surface area contributed by atoms with Crippen LogP contribution in [0.1, 0.15) is 37.3 Å².